The van der Waals surface area contributed by atoms with Gasteiger partial charge >= 0.3 is 5.97 Å². The first-order valence-electron chi connectivity index (χ1n) is 6.12. The second-order valence-electron chi connectivity index (χ2n) is 4.44. The summed E-state index contributed by atoms with van der Waals surface area (Å²) in [6.45, 7) is 0. The highest BCUT2D eigenvalue weighted by atomic mass is 16.5. The number of hydrogen-bond donors (Lipinski definition) is 0. The zero-order valence-electron chi connectivity index (χ0n) is 10.6. The SMILES string of the molecule is COC(=O)c1cccc(C2=Nc3ccccc3C2)c1. The van der Waals surface area contributed by atoms with Crippen LogP contribution in [0, 0.1) is 0 Å². The molecule has 0 spiro atoms. The minimum absolute atomic E-state index is 0.321. The number of ether oxygens (including phenoxy) is 1. The van der Waals surface area contributed by atoms with Gasteiger partial charge in [-0.2, -0.15) is 0 Å². The maximum absolute atomic E-state index is 11.5. The highest BCUT2D eigenvalue weighted by molar-refractivity contribution is 6.07. The molecule has 0 aromatic heterocycles. The number of hydrogen-bond acceptors (Lipinski definition) is 3. The molecule has 3 rings (SSSR count). The number of esters is 1. The molecule has 0 saturated heterocycles. The standard InChI is InChI=1S/C16H13NO2/c1-19-16(18)13-7-4-6-11(9-13)15-10-12-5-2-3-8-14(12)17-15/h2-9H,10H2,1H3. The maximum Gasteiger partial charge on any atom is 0.337 e. The Morgan fingerprint density at radius 3 is 2.79 bits per heavy atom. The topological polar surface area (TPSA) is 38.7 Å². The summed E-state index contributed by atoms with van der Waals surface area (Å²) in [4.78, 5) is 16.1. The van der Waals surface area contributed by atoms with Crippen molar-refractivity contribution in [3.8, 4) is 0 Å². The molecular weight excluding hydrogens is 238 g/mol. The van der Waals surface area contributed by atoms with E-state index in [1.807, 2.05) is 36.4 Å². The van der Waals surface area contributed by atoms with E-state index < -0.39 is 0 Å². The quantitative estimate of drug-likeness (QED) is 0.769. The van der Waals surface area contributed by atoms with Crippen LogP contribution in [0.3, 0.4) is 0 Å². The molecule has 0 saturated carbocycles. The van der Waals surface area contributed by atoms with Crippen LogP contribution < -0.4 is 0 Å². The van der Waals surface area contributed by atoms with Gasteiger partial charge in [-0.05, 0) is 29.3 Å². The Kier molecular flexibility index (Phi) is 2.88. The van der Waals surface area contributed by atoms with E-state index in [2.05, 4.69) is 11.1 Å². The van der Waals surface area contributed by atoms with Crippen LogP contribution in [0.4, 0.5) is 5.69 Å². The average molecular weight is 251 g/mol. The Morgan fingerprint density at radius 1 is 1.16 bits per heavy atom. The number of para-hydroxylation sites is 1. The van der Waals surface area contributed by atoms with Crippen molar-refractivity contribution < 1.29 is 9.53 Å². The van der Waals surface area contributed by atoms with E-state index in [1.54, 1.807) is 6.07 Å². The molecule has 1 aliphatic rings. The number of nitrogens with zero attached hydrogens (tertiary/aromatic N) is 1. The van der Waals surface area contributed by atoms with Gasteiger partial charge in [-0.25, -0.2) is 4.79 Å². The smallest absolute Gasteiger partial charge is 0.337 e. The number of carbonyl (C=O) groups excluding carboxylic acids is 1. The fraction of sp³-hybridized carbons (Fsp3) is 0.125. The molecule has 0 unspecified atom stereocenters. The number of rotatable bonds is 2. The lowest BCUT2D eigenvalue weighted by molar-refractivity contribution is 0.0600. The summed E-state index contributed by atoms with van der Waals surface area (Å²) in [7, 11) is 1.39. The summed E-state index contributed by atoms with van der Waals surface area (Å²) in [5, 5.41) is 0. The molecule has 0 atom stereocenters. The molecule has 0 radical (unpaired) electrons. The molecule has 0 N–H and O–H groups in total. The van der Waals surface area contributed by atoms with Crippen molar-refractivity contribution in [3.63, 3.8) is 0 Å². The Balaban J connectivity index is 1.95. The van der Waals surface area contributed by atoms with Crippen molar-refractivity contribution in [2.75, 3.05) is 7.11 Å². The van der Waals surface area contributed by atoms with Crippen LogP contribution in [0.5, 0.6) is 0 Å². The second kappa shape index (κ2) is 4.69. The van der Waals surface area contributed by atoms with Crippen molar-refractivity contribution in [2.45, 2.75) is 6.42 Å². The summed E-state index contributed by atoms with van der Waals surface area (Å²) >= 11 is 0. The normalized spacial score (nSPS) is 12.8. The fourth-order valence-corrected chi connectivity index (χ4v) is 2.24. The monoisotopic (exact) mass is 251 g/mol. The highest BCUT2D eigenvalue weighted by Gasteiger charge is 2.16. The molecule has 0 fully saturated rings. The minimum Gasteiger partial charge on any atom is -0.465 e. The van der Waals surface area contributed by atoms with Gasteiger partial charge in [-0.1, -0.05) is 30.3 Å². The zero-order chi connectivity index (χ0) is 13.2. The van der Waals surface area contributed by atoms with Crippen LogP contribution in [0.1, 0.15) is 21.5 Å². The number of fused-ring (bicyclic) bond motifs is 1. The lowest BCUT2D eigenvalue weighted by Crippen LogP contribution is -2.05. The van der Waals surface area contributed by atoms with E-state index in [-0.39, 0.29) is 5.97 Å². The predicted octanol–water partition coefficient (Wildman–Crippen LogP) is 3.15. The fourth-order valence-electron chi connectivity index (χ4n) is 2.24. The van der Waals surface area contributed by atoms with Crippen LogP contribution >= 0.6 is 0 Å². The van der Waals surface area contributed by atoms with Gasteiger partial charge in [0.2, 0.25) is 0 Å². The molecule has 0 aliphatic carbocycles. The van der Waals surface area contributed by atoms with Crippen LogP contribution in [0.25, 0.3) is 0 Å². The van der Waals surface area contributed by atoms with E-state index in [4.69, 9.17) is 4.74 Å². The van der Waals surface area contributed by atoms with Gasteiger partial charge in [0.15, 0.2) is 0 Å². The van der Waals surface area contributed by atoms with Crippen LogP contribution in [0.15, 0.2) is 53.5 Å². The maximum atomic E-state index is 11.5. The third kappa shape index (κ3) is 2.15. The molecule has 3 heteroatoms. The number of benzene rings is 2. The van der Waals surface area contributed by atoms with Crippen molar-refractivity contribution in [2.24, 2.45) is 4.99 Å². The molecule has 1 heterocycles. The zero-order valence-corrected chi connectivity index (χ0v) is 10.6. The van der Waals surface area contributed by atoms with E-state index in [0.717, 1.165) is 23.4 Å². The lowest BCUT2D eigenvalue weighted by Gasteiger charge is -2.03. The molecule has 3 nitrogen and oxygen atoms in total. The van der Waals surface area contributed by atoms with E-state index in [1.165, 1.54) is 12.7 Å². The first-order valence-corrected chi connectivity index (χ1v) is 6.12. The summed E-state index contributed by atoms with van der Waals surface area (Å²) in [5.41, 5.74) is 4.76. The molecule has 19 heavy (non-hydrogen) atoms. The third-order valence-corrected chi connectivity index (χ3v) is 3.22. The first kappa shape index (κ1) is 11.7. The summed E-state index contributed by atoms with van der Waals surface area (Å²) < 4.78 is 4.74. The Labute approximate surface area is 111 Å². The lowest BCUT2D eigenvalue weighted by atomic mass is 10.0. The first-order chi connectivity index (χ1) is 9.28. The van der Waals surface area contributed by atoms with Crippen molar-refractivity contribution in [3.05, 3.63) is 65.2 Å². The predicted molar refractivity (Wildman–Crippen MR) is 74.1 cm³/mol. The summed E-state index contributed by atoms with van der Waals surface area (Å²) in [6, 6.07) is 15.5. The molecule has 1 aliphatic heterocycles. The van der Waals surface area contributed by atoms with Crippen molar-refractivity contribution >= 4 is 17.4 Å². The number of carbonyl (C=O) groups is 1. The molecule has 94 valence electrons. The summed E-state index contributed by atoms with van der Waals surface area (Å²) in [5.74, 6) is -0.321. The van der Waals surface area contributed by atoms with Gasteiger partial charge in [0.25, 0.3) is 0 Å². The average Bonchev–Trinajstić information content (AvgIpc) is 2.90. The van der Waals surface area contributed by atoms with Crippen LogP contribution in [-0.2, 0) is 11.2 Å². The largest absolute Gasteiger partial charge is 0.465 e. The van der Waals surface area contributed by atoms with Gasteiger partial charge in [-0.3, -0.25) is 4.99 Å². The minimum atomic E-state index is -0.321. The molecular formula is C16H13NO2. The Hall–Kier alpha value is -2.42. The van der Waals surface area contributed by atoms with Gasteiger partial charge in [-0.15, -0.1) is 0 Å². The number of aliphatic imine (C=N–C) groups is 1. The van der Waals surface area contributed by atoms with Crippen LogP contribution in [0.2, 0.25) is 0 Å². The number of methoxy groups -OCH3 is 1. The van der Waals surface area contributed by atoms with Gasteiger partial charge in [0.05, 0.1) is 24.1 Å². The molecule has 2 aromatic carbocycles. The van der Waals surface area contributed by atoms with Crippen molar-refractivity contribution in [1.82, 2.24) is 0 Å². The molecule has 0 amide bonds. The Bertz CT molecular complexity index is 674. The van der Waals surface area contributed by atoms with Gasteiger partial charge in [0.1, 0.15) is 0 Å². The highest BCUT2D eigenvalue weighted by Crippen LogP contribution is 2.28. The molecule has 0 bridgehead atoms. The van der Waals surface area contributed by atoms with E-state index in [0.29, 0.717) is 5.56 Å². The van der Waals surface area contributed by atoms with E-state index in [9.17, 15) is 4.79 Å². The second-order valence-corrected chi connectivity index (χ2v) is 4.44. The molecule has 2 aromatic rings. The van der Waals surface area contributed by atoms with Crippen LogP contribution in [-0.4, -0.2) is 18.8 Å². The van der Waals surface area contributed by atoms with Gasteiger partial charge < -0.3 is 4.74 Å². The third-order valence-electron chi connectivity index (χ3n) is 3.22. The van der Waals surface area contributed by atoms with Gasteiger partial charge in [0, 0.05) is 6.42 Å². The van der Waals surface area contributed by atoms with Crippen molar-refractivity contribution in [1.29, 1.82) is 0 Å². The van der Waals surface area contributed by atoms with E-state index >= 15 is 0 Å². The Morgan fingerprint density at radius 2 is 2.00 bits per heavy atom. The summed E-state index contributed by atoms with van der Waals surface area (Å²) in [6.07, 6.45) is 0.806.